The zero-order chi connectivity index (χ0) is 28.9. The molecule has 6 N–H and O–H groups in total. The Labute approximate surface area is 238 Å². The number of ether oxygens (including phenoxy) is 2. The minimum Gasteiger partial charge on any atom is -0.492 e. The SMILES string of the molecule is CS(=O)(=O)NCCOc1ccc(Cc2cc(C3OC(CNC(=O)NC4CCC4)C(O)C(O)C3O)ccc2Cl)cc1. The lowest BCUT2D eigenvalue weighted by Gasteiger charge is -2.41. The number of carbonyl (C=O) groups is 1. The van der Waals surface area contributed by atoms with Gasteiger partial charge in [-0.05, 0) is 60.6 Å². The summed E-state index contributed by atoms with van der Waals surface area (Å²) in [6.45, 7) is 0.305. The Morgan fingerprint density at radius 3 is 2.45 bits per heavy atom. The Balaban J connectivity index is 1.38. The number of aliphatic hydroxyl groups is 3. The van der Waals surface area contributed by atoms with Crippen LogP contribution in [0.15, 0.2) is 42.5 Å². The van der Waals surface area contributed by atoms with Crippen molar-refractivity contribution >= 4 is 27.7 Å². The first-order valence-electron chi connectivity index (χ1n) is 13.2. The number of aliphatic hydroxyl groups excluding tert-OH is 3. The molecule has 0 spiro atoms. The molecule has 13 heteroatoms. The van der Waals surface area contributed by atoms with Gasteiger partial charge in [-0.3, -0.25) is 0 Å². The van der Waals surface area contributed by atoms with Crippen molar-refractivity contribution in [1.82, 2.24) is 15.4 Å². The van der Waals surface area contributed by atoms with E-state index in [-0.39, 0.29) is 31.8 Å². The minimum absolute atomic E-state index is 0.0425. The van der Waals surface area contributed by atoms with E-state index in [9.17, 15) is 28.5 Å². The van der Waals surface area contributed by atoms with Crippen molar-refractivity contribution in [3.63, 3.8) is 0 Å². The molecule has 1 saturated heterocycles. The second-order valence-corrected chi connectivity index (χ2v) is 12.5. The Kier molecular flexibility index (Phi) is 10.3. The van der Waals surface area contributed by atoms with E-state index in [1.807, 2.05) is 12.1 Å². The van der Waals surface area contributed by atoms with Gasteiger partial charge in [-0.1, -0.05) is 35.9 Å². The monoisotopic (exact) mass is 597 g/mol. The molecule has 0 aromatic heterocycles. The Hall–Kier alpha value is -2.45. The van der Waals surface area contributed by atoms with E-state index in [0.29, 0.717) is 22.8 Å². The largest absolute Gasteiger partial charge is 0.492 e. The zero-order valence-corrected chi connectivity index (χ0v) is 23.7. The summed E-state index contributed by atoms with van der Waals surface area (Å²) >= 11 is 6.47. The third-order valence-electron chi connectivity index (χ3n) is 7.07. The van der Waals surface area contributed by atoms with Gasteiger partial charge in [-0.2, -0.15) is 0 Å². The molecule has 1 heterocycles. The van der Waals surface area contributed by atoms with E-state index in [1.54, 1.807) is 30.3 Å². The number of urea groups is 1. The van der Waals surface area contributed by atoms with E-state index < -0.39 is 40.5 Å². The molecule has 4 rings (SSSR count). The molecule has 11 nitrogen and oxygen atoms in total. The number of carbonyl (C=O) groups excluding carboxylic acids is 1. The predicted molar refractivity (Wildman–Crippen MR) is 149 cm³/mol. The number of hydrogen-bond acceptors (Lipinski definition) is 8. The first kappa shape index (κ1) is 30.5. The number of amides is 2. The highest BCUT2D eigenvalue weighted by atomic mass is 35.5. The van der Waals surface area contributed by atoms with Crippen LogP contribution in [0.25, 0.3) is 0 Å². The van der Waals surface area contributed by atoms with E-state index in [4.69, 9.17) is 21.1 Å². The fourth-order valence-corrected chi connectivity index (χ4v) is 5.24. The molecular formula is C27H36ClN3O8S. The van der Waals surface area contributed by atoms with Crippen LogP contribution in [0.5, 0.6) is 5.75 Å². The zero-order valence-electron chi connectivity index (χ0n) is 22.1. The second kappa shape index (κ2) is 13.5. The lowest BCUT2D eigenvalue weighted by atomic mass is 9.90. The summed E-state index contributed by atoms with van der Waals surface area (Å²) in [5, 5.41) is 37.7. The van der Waals surface area contributed by atoms with E-state index >= 15 is 0 Å². The maximum absolute atomic E-state index is 12.2. The summed E-state index contributed by atoms with van der Waals surface area (Å²) in [6, 6.07) is 12.2. The first-order chi connectivity index (χ1) is 19.0. The maximum atomic E-state index is 12.2. The Morgan fingerprint density at radius 2 is 1.80 bits per heavy atom. The highest BCUT2D eigenvalue weighted by Gasteiger charge is 2.44. The normalized spacial score (nSPS) is 25.2. The van der Waals surface area contributed by atoms with Crippen LogP contribution >= 0.6 is 11.6 Å². The van der Waals surface area contributed by atoms with Gasteiger partial charge in [0.15, 0.2) is 0 Å². The summed E-state index contributed by atoms with van der Waals surface area (Å²) in [4.78, 5) is 12.2. The minimum atomic E-state index is -3.27. The summed E-state index contributed by atoms with van der Waals surface area (Å²) in [7, 11) is -3.27. The van der Waals surface area contributed by atoms with Crippen LogP contribution < -0.4 is 20.1 Å². The van der Waals surface area contributed by atoms with Gasteiger partial charge < -0.3 is 35.4 Å². The van der Waals surface area contributed by atoms with Crippen LogP contribution in [0, 0.1) is 0 Å². The van der Waals surface area contributed by atoms with Gasteiger partial charge in [0.1, 0.15) is 42.9 Å². The maximum Gasteiger partial charge on any atom is 0.315 e. The quantitative estimate of drug-likeness (QED) is 0.210. The molecule has 1 aliphatic heterocycles. The third kappa shape index (κ3) is 8.29. The van der Waals surface area contributed by atoms with Crippen molar-refractivity contribution in [3.05, 3.63) is 64.2 Å². The molecular weight excluding hydrogens is 562 g/mol. The first-order valence-corrected chi connectivity index (χ1v) is 15.5. The lowest BCUT2D eigenvalue weighted by molar-refractivity contribution is -0.222. The topological polar surface area (TPSA) is 166 Å². The second-order valence-electron chi connectivity index (χ2n) is 10.2. The van der Waals surface area contributed by atoms with Crippen molar-refractivity contribution < 1.29 is 38.0 Å². The number of benzene rings is 2. The van der Waals surface area contributed by atoms with Gasteiger partial charge >= 0.3 is 6.03 Å². The van der Waals surface area contributed by atoms with Gasteiger partial charge in [0.25, 0.3) is 0 Å². The molecule has 5 atom stereocenters. The molecule has 2 fully saturated rings. The lowest BCUT2D eigenvalue weighted by Crippen LogP contribution is -2.58. The average Bonchev–Trinajstić information content (AvgIpc) is 2.89. The average molecular weight is 598 g/mol. The molecule has 2 aliphatic rings. The van der Waals surface area contributed by atoms with Crippen molar-refractivity contribution in [1.29, 1.82) is 0 Å². The highest BCUT2D eigenvalue weighted by Crippen LogP contribution is 2.34. The molecule has 220 valence electrons. The smallest absolute Gasteiger partial charge is 0.315 e. The molecule has 2 aromatic carbocycles. The molecule has 5 unspecified atom stereocenters. The van der Waals surface area contributed by atoms with Crippen LogP contribution in [-0.4, -0.2) is 86.2 Å². The highest BCUT2D eigenvalue weighted by molar-refractivity contribution is 7.88. The summed E-state index contributed by atoms with van der Waals surface area (Å²) in [5.74, 6) is 0.589. The predicted octanol–water partition coefficient (Wildman–Crippen LogP) is 1.23. The Bertz CT molecular complexity index is 1260. The summed E-state index contributed by atoms with van der Waals surface area (Å²) in [6.07, 6.45) is -1.64. The van der Waals surface area contributed by atoms with Crippen LogP contribution in [0.1, 0.15) is 42.1 Å². The van der Waals surface area contributed by atoms with Crippen LogP contribution in [-0.2, 0) is 21.2 Å². The summed E-state index contributed by atoms with van der Waals surface area (Å²) in [5.41, 5.74) is 2.26. The molecule has 2 amide bonds. The summed E-state index contributed by atoms with van der Waals surface area (Å²) < 4.78 is 36.2. The number of rotatable bonds is 11. The van der Waals surface area contributed by atoms with Crippen molar-refractivity contribution in [2.45, 2.75) is 62.2 Å². The fraction of sp³-hybridized carbons (Fsp3) is 0.519. The van der Waals surface area contributed by atoms with Crippen molar-refractivity contribution in [2.75, 3.05) is 26.0 Å². The van der Waals surface area contributed by atoms with Gasteiger partial charge in [-0.25, -0.2) is 17.9 Å². The van der Waals surface area contributed by atoms with E-state index in [1.165, 1.54) is 0 Å². The molecule has 40 heavy (non-hydrogen) atoms. The van der Waals surface area contributed by atoms with Crippen LogP contribution in [0.3, 0.4) is 0 Å². The molecule has 0 radical (unpaired) electrons. The van der Waals surface area contributed by atoms with Crippen LogP contribution in [0.2, 0.25) is 5.02 Å². The van der Waals surface area contributed by atoms with E-state index in [0.717, 1.165) is 36.6 Å². The fourth-order valence-electron chi connectivity index (χ4n) is 4.60. The molecule has 2 aromatic rings. The van der Waals surface area contributed by atoms with Crippen molar-refractivity contribution in [3.8, 4) is 5.75 Å². The molecule has 0 bridgehead atoms. The van der Waals surface area contributed by atoms with Gasteiger partial charge in [0, 0.05) is 24.2 Å². The number of nitrogens with one attached hydrogen (secondary N) is 3. The number of sulfonamides is 1. The van der Waals surface area contributed by atoms with E-state index in [2.05, 4.69) is 15.4 Å². The Morgan fingerprint density at radius 1 is 1.07 bits per heavy atom. The van der Waals surface area contributed by atoms with Crippen molar-refractivity contribution in [2.24, 2.45) is 0 Å². The van der Waals surface area contributed by atoms with Gasteiger partial charge in [0.05, 0.1) is 6.26 Å². The van der Waals surface area contributed by atoms with Crippen LogP contribution in [0.4, 0.5) is 4.79 Å². The third-order valence-corrected chi connectivity index (χ3v) is 8.17. The standard InChI is InChI=1S/C27H36ClN3O8S/c1-40(36,37)30-11-12-38-20-8-5-16(6-9-20)13-18-14-17(7-10-21(18)28)26-25(34)24(33)23(32)22(39-26)15-29-27(35)31-19-3-2-4-19/h5-10,14,19,22-26,30,32-34H,2-4,11-13,15H2,1H3,(H2,29,31,35). The van der Waals surface area contributed by atoms with Gasteiger partial charge in [0.2, 0.25) is 10.0 Å². The number of hydrogen-bond donors (Lipinski definition) is 6. The number of halogens is 1. The molecule has 1 aliphatic carbocycles. The van der Waals surface area contributed by atoms with Gasteiger partial charge in [-0.15, -0.1) is 0 Å². The molecule has 1 saturated carbocycles.